The van der Waals surface area contributed by atoms with E-state index < -0.39 is 5.97 Å². The van der Waals surface area contributed by atoms with Crippen LogP contribution in [0.25, 0.3) is 0 Å². The first-order chi connectivity index (χ1) is 8.74. The fourth-order valence-electron chi connectivity index (χ4n) is 2.49. The molecule has 1 N–H and O–H groups in total. The first-order valence-electron chi connectivity index (χ1n) is 6.77. The minimum absolute atomic E-state index is 0.211. The van der Waals surface area contributed by atoms with Gasteiger partial charge in [-0.25, -0.2) is 0 Å². The van der Waals surface area contributed by atoms with Crippen molar-refractivity contribution in [2.24, 2.45) is 5.92 Å². The number of carbonyl (C=O) groups is 1. The van der Waals surface area contributed by atoms with Crippen molar-refractivity contribution in [1.29, 1.82) is 0 Å². The van der Waals surface area contributed by atoms with E-state index in [1.54, 1.807) is 0 Å². The topological polar surface area (TPSA) is 76.2 Å². The Kier molecular flexibility index (Phi) is 4.73. The van der Waals surface area contributed by atoms with E-state index in [0.717, 1.165) is 18.7 Å². The molecule has 2 rings (SSSR count). The maximum absolute atomic E-state index is 10.4. The number of carboxylic acids is 1. The smallest absolute Gasteiger partial charge is 0.303 e. The summed E-state index contributed by atoms with van der Waals surface area (Å²) in [6, 6.07) is 0. The summed E-state index contributed by atoms with van der Waals surface area (Å²) in [5.41, 5.74) is 0. The molecule has 5 heteroatoms. The van der Waals surface area contributed by atoms with Gasteiger partial charge in [-0.3, -0.25) is 4.79 Å². The van der Waals surface area contributed by atoms with Gasteiger partial charge in [0.05, 0.1) is 0 Å². The molecule has 1 aromatic heterocycles. The molecule has 0 spiro atoms. The molecule has 0 atom stereocenters. The predicted octanol–water partition coefficient (Wildman–Crippen LogP) is 2.60. The number of rotatable bonds is 7. The molecule has 0 saturated heterocycles. The quantitative estimate of drug-likeness (QED) is 0.755. The average molecular weight is 252 g/mol. The van der Waals surface area contributed by atoms with Gasteiger partial charge in [0.25, 0.3) is 0 Å². The number of aliphatic carboxylic acids is 1. The van der Waals surface area contributed by atoms with Crippen LogP contribution in [0.1, 0.15) is 56.7 Å². The summed E-state index contributed by atoms with van der Waals surface area (Å²) in [5.74, 6) is 1.36. The second-order valence-electron chi connectivity index (χ2n) is 5.04. The summed E-state index contributed by atoms with van der Waals surface area (Å²) in [5, 5.41) is 16.6. The predicted molar refractivity (Wildman–Crippen MR) is 65.2 cm³/mol. The van der Waals surface area contributed by atoms with Crippen LogP contribution < -0.4 is 0 Å². The van der Waals surface area contributed by atoms with Crippen LogP contribution in [0.4, 0.5) is 0 Å². The van der Waals surface area contributed by atoms with Crippen LogP contribution in [0.15, 0.2) is 4.42 Å². The van der Waals surface area contributed by atoms with Crippen molar-refractivity contribution in [2.75, 3.05) is 0 Å². The van der Waals surface area contributed by atoms with E-state index in [-0.39, 0.29) is 6.42 Å². The minimum Gasteiger partial charge on any atom is -0.481 e. The normalized spacial score (nSPS) is 16.2. The third kappa shape index (κ3) is 4.13. The molecule has 0 radical (unpaired) electrons. The van der Waals surface area contributed by atoms with Gasteiger partial charge in [-0.2, -0.15) is 0 Å². The van der Waals surface area contributed by atoms with Gasteiger partial charge in [-0.05, 0) is 31.6 Å². The standard InChI is InChI=1S/C13H20N2O3/c16-13(17)8-4-3-7-11-14-15-12(18-11)9-10-5-1-2-6-10/h10H,1-9H2,(H,16,17). The molecule has 1 aliphatic carbocycles. The van der Waals surface area contributed by atoms with E-state index in [2.05, 4.69) is 10.2 Å². The van der Waals surface area contributed by atoms with Crippen molar-refractivity contribution in [1.82, 2.24) is 10.2 Å². The Morgan fingerprint density at radius 2 is 1.94 bits per heavy atom. The third-order valence-electron chi connectivity index (χ3n) is 3.48. The van der Waals surface area contributed by atoms with Crippen LogP contribution in [0, 0.1) is 5.92 Å². The van der Waals surface area contributed by atoms with E-state index in [4.69, 9.17) is 9.52 Å². The lowest BCUT2D eigenvalue weighted by molar-refractivity contribution is -0.137. The molecule has 100 valence electrons. The molecular weight excluding hydrogens is 232 g/mol. The van der Waals surface area contributed by atoms with Gasteiger partial charge in [0.15, 0.2) is 0 Å². The van der Waals surface area contributed by atoms with Crippen molar-refractivity contribution in [3.05, 3.63) is 11.8 Å². The second-order valence-corrected chi connectivity index (χ2v) is 5.04. The van der Waals surface area contributed by atoms with E-state index >= 15 is 0 Å². The van der Waals surface area contributed by atoms with E-state index in [1.165, 1.54) is 25.7 Å². The number of unbranched alkanes of at least 4 members (excludes halogenated alkanes) is 1. The number of aromatic nitrogens is 2. The number of carboxylic acid groups (broad SMARTS) is 1. The molecular formula is C13H20N2O3. The lowest BCUT2D eigenvalue weighted by Gasteiger charge is -2.03. The molecule has 1 fully saturated rings. The zero-order valence-electron chi connectivity index (χ0n) is 10.6. The van der Waals surface area contributed by atoms with Gasteiger partial charge in [-0.1, -0.05) is 12.8 Å². The molecule has 5 nitrogen and oxygen atoms in total. The van der Waals surface area contributed by atoms with Crippen molar-refractivity contribution >= 4 is 5.97 Å². The molecule has 1 aliphatic rings. The highest BCUT2D eigenvalue weighted by atomic mass is 16.4. The second kappa shape index (κ2) is 6.52. The minimum atomic E-state index is -0.748. The van der Waals surface area contributed by atoms with Gasteiger partial charge in [0.2, 0.25) is 11.8 Å². The number of nitrogens with zero attached hydrogens (tertiary/aromatic N) is 2. The molecule has 0 unspecified atom stereocenters. The molecule has 1 saturated carbocycles. The lowest BCUT2D eigenvalue weighted by atomic mass is 10.0. The first kappa shape index (κ1) is 13.1. The number of aryl methyl sites for hydroxylation is 1. The van der Waals surface area contributed by atoms with Crippen molar-refractivity contribution < 1.29 is 14.3 Å². The largest absolute Gasteiger partial charge is 0.481 e. The SMILES string of the molecule is O=C(O)CCCCc1nnc(CC2CCCC2)o1. The van der Waals surface area contributed by atoms with Crippen LogP contribution in [-0.4, -0.2) is 21.3 Å². The highest BCUT2D eigenvalue weighted by molar-refractivity contribution is 5.66. The molecule has 0 bridgehead atoms. The Morgan fingerprint density at radius 1 is 1.22 bits per heavy atom. The first-order valence-corrected chi connectivity index (χ1v) is 6.77. The lowest BCUT2D eigenvalue weighted by Crippen LogP contribution is -1.98. The zero-order chi connectivity index (χ0) is 12.8. The Labute approximate surface area is 107 Å². The fourth-order valence-corrected chi connectivity index (χ4v) is 2.49. The summed E-state index contributed by atoms with van der Waals surface area (Å²) >= 11 is 0. The summed E-state index contributed by atoms with van der Waals surface area (Å²) < 4.78 is 5.58. The van der Waals surface area contributed by atoms with Crippen LogP contribution in [0.5, 0.6) is 0 Å². The van der Waals surface area contributed by atoms with E-state index in [0.29, 0.717) is 24.7 Å². The summed E-state index contributed by atoms with van der Waals surface area (Å²) in [7, 11) is 0. The Balaban J connectivity index is 1.70. The van der Waals surface area contributed by atoms with Gasteiger partial charge in [0.1, 0.15) is 0 Å². The maximum atomic E-state index is 10.4. The van der Waals surface area contributed by atoms with Gasteiger partial charge >= 0.3 is 5.97 Å². The van der Waals surface area contributed by atoms with Crippen LogP contribution in [-0.2, 0) is 17.6 Å². The summed E-state index contributed by atoms with van der Waals surface area (Å²) in [6.45, 7) is 0. The average Bonchev–Trinajstić information content (AvgIpc) is 2.97. The van der Waals surface area contributed by atoms with Crippen LogP contribution >= 0.6 is 0 Å². The third-order valence-corrected chi connectivity index (χ3v) is 3.48. The van der Waals surface area contributed by atoms with Gasteiger partial charge in [0, 0.05) is 19.3 Å². The van der Waals surface area contributed by atoms with Crippen LogP contribution in [0.2, 0.25) is 0 Å². The van der Waals surface area contributed by atoms with Crippen LogP contribution in [0.3, 0.4) is 0 Å². The summed E-state index contributed by atoms with van der Waals surface area (Å²) in [6.07, 6.45) is 8.44. The summed E-state index contributed by atoms with van der Waals surface area (Å²) in [4.78, 5) is 10.4. The van der Waals surface area contributed by atoms with E-state index in [1.807, 2.05) is 0 Å². The van der Waals surface area contributed by atoms with E-state index in [9.17, 15) is 4.79 Å². The molecule has 0 aromatic carbocycles. The number of hydrogen-bond donors (Lipinski definition) is 1. The zero-order valence-corrected chi connectivity index (χ0v) is 10.6. The molecule has 18 heavy (non-hydrogen) atoms. The highest BCUT2D eigenvalue weighted by Crippen LogP contribution is 2.27. The molecule has 1 heterocycles. The maximum Gasteiger partial charge on any atom is 0.303 e. The van der Waals surface area contributed by atoms with Gasteiger partial charge in [-0.15, -0.1) is 10.2 Å². The Bertz CT molecular complexity index is 383. The monoisotopic (exact) mass is 252 g/mol. The Hall–Kier alpha value is -1.39. The van der Waals surface area contributed by atoms with Crippen molar-refractivity contribution in [3.63, 3.8) is 0 Å². The molecule has 0 amide bonds. The highest BCUT2D eigenvalue weighted by Gasteiger charge is 2.18. The number of hydrogen-bond acceptors (Lipinski definition) is 4. The fraction of sp³-hybridized carbons (Fsp3) is 0.769. The molecule has 0 aliphatic heterocycles. The van der Waals surface area contributed by atoms with Crippen molar-refractivity contribution in [2.45, 2.75) is 57.8 Å². The Morgan fingerprint density at radius 3 is 2.67 bits per heavy atom. The van der Waals surface area contributed by atoms with Crippen molar-refractivity contribution in [3.8, 4) is 0 Å². The van der Waals surface area contributed by atoms with Gasteiger partial charge < -0.3 is 9.52 Å². The molecule has 1 aromatic rings.